The van der Waals surface area contributed by atoms with Crippen molar-refractivity contribution in [1.29, 1.82) is 0 Å². The molecule has 0 fully saturated rings. The van der Waals surface area contributed by atoms with Gasteiger partial charge in [-0.1, -0.05) is 29.8 Å². The zero-order valence-electron chi connectivity index (χ0n) is 12.8. The molecular formula is C17H22BrNOS. The van der Waals surface area contributed by atoms with Crippen LogP contribution in [-0.2, 0) is 6.42 Å². The number of aryl methyl sites for hydroxylation is 1. The lowest BCUT2D eigenvalue weighted by molar-refractivity contribution is 0.404. The van der Waals surface area contributed by atoms with Crippen LogP contribution in [-0.4, -0.2) is 13.7 Å². The van der Waals surface area contributed by atoms with Crippen molar-refractivity contribution in [3.63, 3.8) is 0 Å². The van der Waals surface area contributed by atoms with Gasteiger partial charge in [-0.2, -0.15) is 0 Å². The number of ether oxygens (including phenoxy) is 1. The fourth-order valence-electron chi connectivity index (χ4n) is 2.32. The number of thiophene rings is 1. The summed E-state index contributed by atoms with van der Waals surface area (Å²) >= 11 is 5.45. The van der Waals surface area contributed by atoms with E-state index in [1.54, 1.807) is 7.11 Å². The van der Waals surface area contributed by atoms with Crippen molar-refractivity contribution < 1.29 is 4.74 Å². The van der Waals surface area contributed by atoms with Gasteiger partial charge in [0.1, 0.15) is 5.75 Å². The van der Waals surface area contributed by atoms with Crippen LogP contribution >= 0.6 is 27.3 Å². The largest absolute Gasteiger partial charge is 0.496 e. The number of hydrogen-bond acceptors (Lipinski definition) is 3. The van der Waals surface area contributed by atoms with Crippen molar-refractivity contribution in [2.45, 2.75) is 32.7 Å². The van der Waals surface area contributed by atoms with Crippen LogP contribution in [0.4, 0.5) is 0 Å². The molecule has 0 amide bonds. The van der Waals surface area contributed by atoms with E-state index < -0.39 is 0 Å². The smallest absolute Gasteiger partial charge is 0.124 e. The fourth-order valence-corrected chi connectivity index (χ4v) is 3.75. The highest BCUT2D eigenvalue weighted by Gasteiger charge is 2.19. The molecule has 2 aromatic rings. The molecule has 0 saturated carbocycles. The summed E-state index contributed by atoms with van der Waals surface area (Å²) in [6, 6.07) is 10.8. The first-order valence-corrected chi connectivity index (χ1v) is 8.96. The molecule has 21 heavy (non-hydrogen) atoms. The molecule has 4 heteroatoms. The highest BCUT2D eigenvalue weighted by molar-refractivity contribution is 9.10. The second kappa shape index (κ2) is 7.97. The summed E-state index contributed by atoms with van der Waals surface area (Å²) in [6.45, 7) is 5.37. The molecule has 1 atom stereocenters. The number of methoxy groups -OCH3 is 1. The summed E-state index contributed by atoms with van der Waals surface area (Å²) in [5, 5.41) is 3.65. The van der Waals surface area contributed by atoms with E-state index in [9.17, 15) is 0 Å². The minimum absolute atomic E-state index is 0.183. The average molecular weight is 368 g/mol. The molecule has 0 bridgehead atoms. The highest BCUT2D eigenvalue weighted by atomic mass is 79.9. The Morgan fingerprint density at radius 1 is 1.24 bits per heavy atom. The Morgan fingerprint density at radius 2 is 2.05 bits per heavy atom. The van der Waals surface area contributed by atoms with Gasteiger partial charge in [0.25, 0.3) is 0 Å². The van der Waals surface area contributed by atoms with Crippen LogP contribution < -0.4 is 10.1 Å². The topological polar surface area (TPSA) is 21.3 Å². The van der Waals surface area contributed by atoms with E-state index in [2.05, 4.69) is 53.3 Å². The van der Waals surface area contributed by atoms with Crippen LogP contribution in [0.5, 0.6) is 5.75 Å². The van der Waals surface area contributed by atoms with Gasteiger partial charge < -0.3 is 10.1 Å². The first-order valence-electron chi connectivity index (χ1n) is 7.35. The normalized spacial score (nSPS) is 12.4. The van der Waals surface area contributed by atoms with Crippen LogP contribution in [0.2, 0.25) is 0 Å². The Morgan fingerprint density at radius 3 is 2.67 bits per heavy atom. The summed E-state index contributed by atoms with van der Waals surface area (Å²) in [4.78, 5) is 2.76. The SMILES string of the molecule is CCCNC(c1ccc(CC)s1)c1cc(Br)ccc1OC. The molecule has 2 rings (SSSR count). The molecule has 1 N–H and O–H groups in total. The van der Waals surface area contributed by atoms with Gasteiger partial charge >= 0.3 is 0 Å². The van der Waals surface area contributed by atoms with Gasteiger partial charge in [0.05, 0.1) is 13.2 Å². The van der Waals surface area contributed by atoms with Crippen LogP contribution in [0.15, 0.2) is 34.8 Å². The molecule has 0 aliphatic rings. The molecule has 0 radical (unpaired) electrons. The van der Waals surface area contributed by atoms with E-state index >= 15 is 0 Å². The predicted octanol–water partition coefficient (Wildman–Crippen LogP) is 5.17. The summed E-state index contributed by atoms with van der Waals surface area (Å²) in [5.41, 5.74) is 1.19. The van der Waals surface area contributed by atoms with Crippen molar-refractivity contribution in [3.8, 4) is 5.75 Å². The van der Waals surface area contributed by atoms with Gasteiger partial charge in [-0.3, -0.25) is 0 Å². The van der Waals surface area contributed by atoms with Crippen molar-refractivity contribution in [2.24, 2.45) is 0 Å². The average Bonchev–Trinajstić information content (AvgIpc) is 2.97. The molecule has 2 nitrogen and oxygen atoms in total. The van der Waals surface area contributed by atoms with Gasteiger partial charge in [0.2, 0.25) is 0 Å². The fraction of sp³-hybridized carbons (Fsp3) is 0.412. The first-order chi connectivity index (χ1) is 10.2. The third-order valence-electron chi connectivity index (χ3n) is 3.42. The maximum absolute atomic E-state index is 5.56. The number of nitrogens with one attached hydrogen (secondary N) is 1. The molecule has 1 unspecified atom stereocenters. The summed E-state index contributed by atoms with van der Waals surface area (Å²) in [6.07, 6.45) is 2.19. The maximum Gasteiger partial charge on any atom is 0.124 e. The van der Waals surface area contributed by atoms with E-state index in [0.29, 0.717) is 0 Å². The van der Waals surface area contributed by atoms with Crippen molar-refractivity contribution in [1.82, 2.24) is 5.32 Å². The third-order valence-corrected chi connectivity index (χ3v) is 5.20. The Hall–Kier alpha value is -0.840. The molecule has 0 spiro atoms. The predicted molar refractivity (Wildman–Crippen MR) is 94.5 cm³/mol. The molecule has 0 saturated heterocycles. The zero-order valence-corrected chi connectivity index (χ0v) is 15.2. The molecule has 0 aliphatic heterocycles. The van der Waals surface area contributed by atoms with Gasteiger partial charge in [-0.25, -0.2) is 0 Å². The lowest BCUT2D eigenvalue weighted by atomic mass is 10.0. The second-order valence-corrected chi connectivity index (χ2v) is 7.05. The number of hydrogen-bond donors (Lipinski definition) is 1. The zero-order chi connectivity index (χ0) is 15.2. The van der Waals surface area contributed by atoms with Crippen molar-refractivity contribution >= 4 is 27.3 Å². The maximum atomic E-state index is 5.56. The van der Waals surface area contributed by atoms with E-state index in [1.165, 1.54) is 15.3 Å². The number of halogens is 1. The van der Waals surface area contributed by atoms with Gasteiger partial charge in [-0.05, 0) is 49.7 Å². The van der Waals surface area contributed by atoms with E-state index in [0.717, 1.165) is 29.6 Å². The van der Waals surface area contributed by atoms with Crippen LogP contribution in [0, 0.1) is 0 Å². The molecule has 1 aromatic carbocycles. The van der Waals surface area contributed by atoms with E-state index in [4.69, 9.17) is 4.74 Å². The van der Waals surface area contributed by atoms with Crippen molar-refractivity contribution in [3.05, 3.63) is 50.1 Å². The van der Waals surface area contributed by atoms with Crippen molar-refractivity contribution in [2.75, 3.05) is 13.7 Å². The molecule has 1 aromatic heterocycles. The lowest BCUT2D eigenvalue weighted by Gasteiger charge is -2.20. The number of benzene rings is 1. The summed E-state index contributed by atoms with van der Waals surface area (Å²) in [7, 11) is 1.73. The van der Waals surface area contributed by atoms with Crippen LogP contribution in [0.3, 0.4) is 0 Å². The monoisotopic (exact) mass is 367 g/mol. The summed E-state index contributed by atoms with van der Waals surface area (Å²) < 4.78 is 6.64. The van der Waals surface area contributed by atoms with E-state index in [-0.39, 0.29) is 6.04 Å². The molecule has 1 heterocycles. The second-order valence-electron chi connectivity index (χ2n) is 4.93. The van der Waals surface area contributed by atoms with Gasteiger partial charge in [-0.15, -0.1) is 11.3 Å². The van der Waals surface area contributed by atoms with Crippen LogP contribution in [0.25, 0.3) is 0 Å². The Bertz CT molecular complexity index is 582. The van der Waals surface area contributed by atoms with Gasteiger partial charge in [0, 0.05) is 19.8 Å². The number of rotatable bonds is 7. The van der Waals surface area contributed by atoms with Crippen LogP contribution in [0.1, 0.15) is 41.6 Å². The Balaban J connectivity index is 2.41. The standard InChI is InChI=1S/C17H22BrNOS/c1-4-10-19-17(16-9-7-13(5-2)21-16)14-11-12(18)6-8-15(14)20-3/h6-9,11,17,19H,4-5,10H2,1-3H3. The highest BCUT2D eigenvalue weighted by Crippen LogP contribution is 2.35. The van der Waals surface area contributed by atoms with Gasteiger partial charge in [0.15, 0.2) is 0 Å². The van der Waals surface area contributed by atoms with E-state index in [1.807, 2.05) is 23.5 Å². The minimum Gasteiger partial charge on any atom is -0.496 e. The lowest BCUT2D eigenvalue weighted by Crippen LogP contribution is -2.23. The Kier molecular flexibility index (Phi) is 6.27. The molecule has 114 valence electrons. The molecular weight excluding hydrogens is 346 g/mol. The Labute approximate surface area is 139 Å². The quantitative estimate of drug-likeness (QED) is 0.728. The first kappa shape index (κ1) is 16.5. The minimum atomic E-state index is 0.183. The molecule has 0 aliphatic carbocycles. The summed E-state index contributed by atoms with van der Waals surface area (Å²) in [5.74, 6) is 0.929. The third kappa shape index (κ3) is 4.09.